The smallest absolute Gasteiger partial charge is 0.270 e. The Morgan fingerprint density at radius 3 is 2.67 bits per heavy atom. The van der Waals surface area contributed by atoms with Crippen molar-refractivity contribution in [3.8, 4) is 17.6 Å². The van der Waals surface area contributed by atoms with Crippen LogP contribution in [0.4, 0.5) is 4.39 Å². The quantitative estimate of drug-likeness (QED) is 0.317. The van der Waals surface area contributed by atoms with E-state index in [4.69, 9.17) is 0 Å². The molecule has 5 rings (SSSR count). The predicted molar refractivity (Wildman–Crippen MR) is 135 cm³/mol. The normalized spacial score (nSPS) is 11.5. The van der Waals surface area contributed by atoms with Gasteiger partial charge in [0.15, 0.2) is 0 Å². The van der Waals surface area contributed by atoms with Crippen molar-refractivity contribution in [2.24, 2.45) is 0 Å². The summed E-state index contributed by atoms with van der Waals surface area (Å²) < 4.78 is 14.2. The number of fused-ring (bicyclic) bond motifs is 1. The molecule has 0 radical (unpaired) electrons. The molecule has 7 heteroatoms. The van der Waals surface area contributed by atoms with Gasteiger partial charge in [-0.05, 0) is 66.9 Å². The number of hydrogen-bond donors (Lipinski definition) is 3. The number of carbonyl (C=O) groups is 1. The lowest BCUT2D eigenvalue weighted by Gasteiger charge is -2.19. The molecule has 3 N–H and O–H groups in total. The third-order valence-corrected chi connectivity index (χ3v) is 5.64. The Balaban J connectivity index is 1.51. The zero-order valence-electron chi connectivity index (χ0n) is 19.3. The number of aromatic amines is 1. The zero-order chi connectivity index (χ0) is 25.1. The lowest BCUT2D eigenvalue weighted by Crippen LogP contribution is -2.30. The fourth-order valence-corrected chi connectivity index (χ4v) is 3.97. The van der Waals surface area contributed by atoms with E-state index in [0.29, 0.717) is 17.0 Å². The standard InChI is InChI=1S/C29H21FN4O2/c1-18-13-20(9-8-19-5-4-12-31-17-19)14-26(32-18)29(36)34-28(23-16-22(30)10-11-27(23)35)25-15-21-6-2-3-7-24(21)33-25/h2-7,10-17,28,33,35H,1H3,(H,34,36). The van der Waals surface area contributed by atoms with Crippen molar-refractivity contribution in [2.75, 3.05) is 0 Å². The molecule has 0 spiro atoms. The molecule has 3 aromatic heterocycles. The maximum atomic E-state index is 14.2. The number of para-hydroxylation sites is 1. The topological polar surface area (TPSA) is 90.9 Å². The highest BCUT2D eigenvalue weighted by Crippen LogP contribution is 2.31. The van der Waals surface area contributed by atoms with E-state index in [2.05, 4.69) is 32.1 Å². The Hall–Kier alpha value is -4.96. The Morgan fingerprint density at radius 2 is 1.86 bits per heavy atom. The maximum Gasteiger partial charge on any atom is 0.270 e. The van der Waals surface area contributed by atoms with E-state index in [9.17, 15) is 14.3 Å². The number of pyridine rings is 2. The summed E-state index contributed by atoms with van der Waals surface area (Å²) in [6, 6.07) is 19.3. The van der Waals surface area contributed by atoms with Crippen LogP contribution in [-0.4, -0.2) is 26.0 Å². The van der Waals surface area contributed by atoms with E-state index in [-0.39, 0.29) is 17.0 Å². The highest BCUT2D eigenvalue weighted by atomic mass is 19.1. The third-order valence-electron chi connectivity index (χ3n) is 5.64. The Morgan fingerprint density at radius 1 is 1.03 bits per heavy atom. The van der Waals surface area contributed by atoms with Crippen LogP contribution in [0, 0.1) is 24.6 Å². The van der Waals surface area contributed by atoms with Crippen LogP contribution < -0.4 is 5.32 Å². The van der Waals surface area contributed by atoms with Gasteiger partial charge in [0.1, 0.15) is 17.3 Å². The summed E-state index contributed by atoms with van der Waals surface area (Å²) in [6.07, 6.45) is 3.33. The molecule has 176 valence electrons. The van der Waals surface area contributed by atoms with Gasteiger partial charge in [0, 0.05) is 46.0 Å². The number of carbonyl (C=O) groups excluding carboxylic acids is 1. The molecule has 0 fully saturated rings. The van der Waals surface area contributed by atoms with E-state index in [1.165, 1.54) is 12.1 Å². The second-order valence-electron chi connectivity index (χ2n) is 8.30. The number of nitrogens with one attached hydrogen (secondary N) is 2. The molecular weight excluding hydrogens is 455 g/mol. The van der Waals surface area contributed by atoms with Crippen molar-refractivity contribution >= 4 is 16.8 Å². The summed E-state index contributed by atoms with van der Waals surface area (Å²) in [6.45, 7) is 1.78. The van der Waals surface area contributed by atoms with E-state index in [1.807, 2.05) is 36.4 Å². The number of nitrogens with zero attached hydrogens (tertiary/aromatic N) is 2. The number of aromatic nitrogens is 3. The number of aromatic hydroxyl groups is 1. The Kier molecular flexibility index (Phi) is 6.16. The summed E-state index contributed by atoms with van der Waals surface area (Å²) in [7, 11) is 0. The first-order valence-corrected chi connectivity index (χ1v) is 11.2. The van der Waals surface area contributed by atoms with Crippen LogP contribution in [0.25, 0.3) is 10.9 Å². The predicted octanol–water partition coefficient (Wildman–Crippen LogP) is 5.03. The minimum absolute atomic E-state index is 0.138. The first-order valence-electron chi connectivity index (χ1n) is 11.2. The Bertz CT molecular complexity index is 1600. The van der Waals surface area contributed by atoms with Gasteiger partial charge >= 0.3 is 0 Å². The number of phenolic OH excluding ortho intramolecular Hbond substituents is 1. The fraction of sp³-hybridized carbons (Fsp3) is 0.0690. The maximum absolute atomic E-state index is 14.2. The highest BCUT2D eigenvalue weighted by Gasteiger charge is 2.24. The molecule has 0 saturated carbocycles. The van der Waals surface area contributed by atoms with Crippen molar-refractivity contribution in [1.82, 2.24) is 20.3 Å². The van der Waals surface area contributed by atoms with E-state index in [1.54, 1.807) is 37.5 Å². The number of phenols is 1. The van der Waals surface area contributed by atoms with E-state index >= 15 is 0 Å². The van der Waals surface area contributed by atoms with Gasteiger partial charge in [0.25, 0.3) is 5.91 Å². The molecule has 0 aliphatic carbocycles. The van der Waals surface area contributed by atoms with Crippen LogP contribution in [0.2, 0.25) is 0 Å². The molecule has 2 aromatic carbocycles. The average Bonchev–Trinajstić information content (AvgIpc) is 3.32. The minimum atomic E-state index is -0.854. The first-order chi connectivity index (χ1) is 17.5. The summed E-state index contributed by atoms with van der Waals surface area (Å²) in [5, 5.41) is 14.3. The number of hydrogen-bond acceptors (Lipinski definition) is 4. The summed E-state index contributed by atoms with van der Waals surface area (Å²) in [5.41, 5.74) is 3.81. The van der Waals surface area contributed by atoms with Crippen LogP contribution in [-0.2, 0) is 0 Å². The van der Waals surface area contributed by atoms with Gasteiger partial charge in [-0.2, -0.15) is 0 Å². The lowest BCUT2D eigenvalue weighted by molar-refractivity contribution is 0.0936. The van der Waals surface area contributed by atoms with Gasteiger partial charge in [-0.25, -0.2) is 9.37 Å². The molecule has 1 amide bonds. The zero-order valence-corrected chi connectivity index (χ0v) is 19.3. The number of amides is 1. The van der Waals surface area contributed by atoms with Crippen LogP contribution >= 0.6 is 0 Å². The second kappa shape index (κ2) is 9.72. The largest absolute Gasteiger partial charge is 0.508 e. The molecule has 0 aliphatic rings. The average molecular weight is 477 g/mol. The first kappa shape index (κ1) is 22.8. The molecular formula is C29H21FN4O2. The molecule has 0 aliphatic heterocycles. The van der Waals surface area contributed by atoms with E-state index < -0.39 is 17.8 Å². The summed E-state index contributed by atoms with van der Waals surface area (Å²) in [5.74, 6) is 4.91. The highest BCUT2D eigenvalue weighted by molar-refractivity contribution is 5.93. The van der Waals surface area contributed by atoms with Crippen LogP contribution in [0.15, 0.2) is 85.2 Å². The van der Waals surface area contributed by atoms with Gasteiger partial charge in [0.2, 0.25) is 0 Å². The van der Waals surface area contributed by atoms with Crippen molar-refractivity contribution in [1.29, 1.82) is 0 Å². The van der Waals surface area contributed by atoms with E-state index in [0.717, 1.165) is 22.5 Å². The summed E-state index contributed by atoms with van der Waals surface area (Å²) in [4.78, 5) is 25.1. The van der Waals surface area contributed by atoms with Crippen molar-refractivity contribution in [3.63, 3.8) is 0 Å². The number of benzene rings is 2. The molecule has 0 saturated heterocycles. The van der Waals surface area contributed by atoms with Gasteiger partial charge in [-0.1, -0.05) is 30.0 Å². The molecule has 5 aromatic rings. The van der Waals surface area contributed by atoms with Crippen LogP contribution in [0.1, 0.15) is 44.6 Å². The molecule has 1 atom stereocenters. The molecule has 36 heavy (non-hydrogen) atoms. The number of aryl methyl sites for hydroxylation is 1. The van der Waals surface area contributed by atoms with Gasteiger partial charge < -0.3 is 15.4 Å². The molecule has 3 heterocycles. The van der Waals surface area contributed by atoms with Crippen LogP contribution in [0.5, 0.6) is 5.75 Å². The monoisotopic (exact) mass is 476 g/mol. The summed E-state index contributed by atoms with van der Waals surface area (Å²) >= 11 is 0. The number of halogens is 1. The van der Waals surface area contributed by atoms with Gasteiger partial charge in [0.05, 0.1) is 6.04 Å². The number of rotatable bonds is 4. The molecule has 1 unspecified atom stereocenters. The van der Waals surface area contributed by atoms with Crippen LogP contribution in [0.3, 0.4) is 0 Å². The van der Waals surface area contributed by atoms with Gasteiger partial charge in [-0.3, -0.25) is 9.78 Å². The van der Waals surface area contributed by atoms with Crippen molar-refractivity contribution in [3.05, 3.63) is 125 Å². The number of H-pyrrole nitrogens is 1. The Labute approximate surface area is 206 Å². The molecule has 6 nitrogen and oxygen atoms in total. The third kappa shape index (κ3) is 4.93. The minimum Gasteiger partial charge on any atom is -0.508 e. The van der Waals surface area contributed by atoms with Gasteiger partial charge in [-0.15, -0.1) is 0 Å². The second-order valence-corrected chi connectivity index (χ2v) is 8.30. The fourth-order valence-electron chi connectivity index (χ4n) is 3.97. The lowest BCUT2D eigenvalue weighted by atomic mass is 10.0. The van der Waals surface area contributed by atoms with Crippen molar-refractivity contribution in [2.45, 2.75) is 13.0 Å². The van der Waals surface area contributed by atoms with Crippen molar-refractivity contribution < 1.29 is 14.3 Å². The SMILES string of the molecule is Cc1cc(C#Cc2cccnc2)cc(C(=O)NC(c2cc3ccccc3[nH]2)c2cc(F)ccc2O)n1. The molecule has 0 bridgehead atoms.